The predicted molar refractivity (Wildman–Crippen MR) is 141 cm³/mol. The van der Waals surface area contributed by atoms with Crippen LogP contribution in [-0.4, -0.2) is 43.5 Å². The zero-order chi connectivity index (χ0) is 26.8. The number of ether oxygens (including phenoxy) is 2. The molecule has 2 amide bonds. The Balaban J connectivity index is 1.52. The van der Waals surface area contributed by atoms with E-state index in [1.165, 1.54) is 4.90 Å². The number of hydrogen-bond donors (Lipinski definition) is 1. The standard InChI is InChI=1S/C29H36N2O6/c1-4-7-8-16-36-28(34)22-12-14-24(15-13-22)31-18-23(17-26(31)33)29(35)37-19-25(32)30-27-20(5-2)10-9-11-21(27)6-3/h9-15,23H,4-8,16-19H2,1-3H3,(H,30,32)/t23-/m0/s1. The monoisotopic (exact) mass is 508 g/mol. The number of anilines is 2. The number of para-hydroxylation sites is 1. The minimum Gasteiger partial charge on any atom is -0.462 e. The fraction of sp³-hybridized carbons (Fsp3) is 0.448. The van der Waals surface area contributed by atoms with Crippen LogP contribution in [0.15, 0.2) is 42.5 Å². The second-order valence-electron chi connectivity index (χ2n) is 9.11. The molecule has 198 valence electrons. The fourth-order valence-corrected chi connectivity index (χ4v) is 4.33. The number of rotatable bonds is 12. The lowest BCUT2D eigenvalue weighted by atomic mass is 10.0. The highest BCUT2D eigenvalue weighted by molar-refractivity contribution is 6.00. The molecule has 0 unspecified atom stereocenters. The van der Waals surface area contributed by atoms with Gasteiger partial charge in [0.1, 0.15) is 0 Å². The number of esters is 2. The van der Waals surface area contributed by atoms with Crippen LogP contribution >= 0.6 is 0 Å². The number of carbonyl (C=O) groups excluding carboxylic acids is 4. The van der Waals surface area contributed by atoms with E-state index >= 15 is 0 Å². The van der Waals surface area contributed by atoms with Gasteiger partial charge in [-0.2, -0.15) is 0 Å². The normalized spacial score (nSPS) is 14.9. The number of nitrogens with one attached hydrogen (secondary N) is 1. The molecule has 1 saturated heterocycles. The van der Waals surface area contributed by atoms with E-state index in [-0.39, 0.29) is 18.9 Å². The quantitative estimate of drug-likeness (QED) is 0.330. The summed E-state index contributed by atoms with van der Waals surface area (Å²) in [7, 11) is 0. The van der Waals surface area contributed by atoms with Crippen LogP contribution in [0.3, 0.4) is 0 Å². The van der Waals surface area contributed by atoms with Crippen LogP contribution < -0.4 is 10.2 Å². The molecule has 8 nitrogen and oxygen atoms in total. The van der Waals surface area contributed by atoms with Crippen LogP contribution in [0.25, 0.3) is 0 Å². The van der Waals surface area contributed by atoms with Crippen molar-refractivity contribution in [2.75, 3.05) is 30.0 Å². The summed E-state index contributed by atoms with van der Waals surface area (Å²) in [4.78, 5) is 51.4. The SMILES string of the molecule is CCCCCOC(=O)c1ccc(N2C[C@@H](C(=O)OCC(=O)Nc3c(CC)cccc3CC)CC2=O)cc1. The van der Waals surface area contributed by atoms with Gasteiger partial charge in [0.15, 0.2) is 6.61 Å². The molecule has 2 aromatic rings. The Hall–Kier alpha value is -3.68. The Labute approximate surface area is 218 Å². The van der Waals surface area contributed by atoms with Crippen molar-refractivity contribution in [2.45, 2.75) is 59.3 Å². The van der Waals surface area contributed by atoms with E-state index in [9.17, 15) is 19.2 Å². The molecule has 1 heterocycles. The van der Waals surface area contributed by atoms with Gasteiger partial charge in [-0.25, -0.2) is 4.79 Å². The maximum absolute atomic E-state index is 12.6. The molecule has 0 bridgehead atoms. The van der Waals surface area contributed by atoms with Crippen molar-refractivity contribution in [1.82, 2.24) is 0 Å². The van der Waals surface area contributed by atoms with Gasteiger partial charge < -0.3 is 19.7 Å². The molecule has 3 rings (SSSR count). The number of unbranched alkanes of at least 4 members (excludes halogenated alkanes) is 2. The van der Waals surface area contributed by atoms with Crippen LogP contribution in [-0.2, 0) is 36.7 Å². The number of nitrogens with zero attached hydrogens (tertiary/aromatic N) is 1. The van der Waals surface area contributed by atoms with Crippen LogP contribution in [0.1, 0.15) is 67.9 Å². The zero-order valence-corrected chi connectivity index (χ0v) is 21.9. The number of carbonyl (C=O) groups is 4. The van der Waals surface area contributed by atoms with Crippen molar-refractivity contribution < 1.29 is 28.7 Å². The Morgan fingerprint density at radius 3 is 2.24 bits per heavy atom. The second kappa shape index (κ2) is 13.6. The Bertz CT molecular complexity index is 1090. The van der Waals surface area contributed by atoms with Crippen molar-refractivity contribution in [2.24, 2.45) is 5.92 Å². The minimum absolute atomic E-state index is 0.000322. The number of hydrogen-bond acceptors (Lipinski definition) is 6. The van der Waals surface area contributed by atoms with Crippen LogP contribution in [0.5, 0.6) is 0 Å². The molecule has 37 heavy (non-hydrogen) atoms. The van der Waals surface area contributed by atoms with E-state index in [0.717, 1.165) is 48.9 Å². The van der Waals surface area contributed by atoms with Gasteiger partial charge in [0.2, 0.25) is 5.91 Å². The maximum Gasteiger partial charge on any atom is 0.338 e. The molecule has 0 saturated carbocycles. The first-order valence-electron chi connectivity index (χ1n) is 13.0. The van der Waals surface area contributed by atoms with Gasteiger partial charge in [-0.1, -0.05) is 51.8 Å². The second-order valence-corrected chi connectivity index (χ2v) is 9.11. The lowest BCUT2D eigenvalue weighted by molar-refractivity contribution is -0.151. The fourth-order valence-electron chi connectivity index (χ4n) is 4.33. The van der Waals surface area contributed by atoms with Gasteiger partial charge >= 0.3 is 11.9 Å². The van der Waals surface area contributed by atoms with Gasteiger partial charge in [-0.3, -0.25) is 14.4 Å². The first-order chi connectivity index (χ1) is 17.9. The molecule has 1 fully saturated rings. The Morgan fingerprint density at radius 2 is 1.62 bits per heavy atom. The third-order valence-corrected chi connectivity index (χ3v) is 6.46. The molecular weight excluding hydrogens is 472 g/mol. The first-order valence-corrected chi connectivity index (χ1v) is 13.0. The molecule has 0 spiro atoms. The molecule has 8 heteroatoms. The molecule has 1 atom stereocenters. The van der Waals surface area contributed by atoms with E-state index in [4.69, 9.17) is 9.47 Å². The Morgan fingerprint density at radius 1 is 0.946 bits per heavy atom. The van der Waals surface area contributed by atoms with E-state index in [1.807, 2.05) is 32.0 Å². The molecule has 1 aliphatic rings. The summed E-state index contributed by atoms with van der Waals surface area (Å²) in [5, 5.41) is 2.87. The molecule has 0 aliphatic carbocycles. The summed E-state index contributed by atoms with van der Waals surface area (Å²) < 4.78 is 10.5. The van der Waals surface area contributed by atoms with Gasteiger partial charge in [0.25, 0.3) is 5.91 Å². The maximum atomic E-state index is 12.6. The molecule has 0 aromatic heterocycles. The third kappa shape index (κ3) is 7.41. The summed E-state index contributed by atoms with van der Waals surface area (Å²) in [6.07, 6.45) is 4.41. The van der Waals surface area contributed by atoms with Crippen LogP contribution in [0.4, 0.5) is 11.4 Å². The highest BCUT2D eigenvalue weighted by Crippen LogP contribution is 2.27. The van der Waals surface area contributed by atoms with E-state index in [1.54, 1.807) is 24.3 Å². The third-order valence-electron chi connectivity index (χ3n) is 6.46. The van der Waals surface area contributed by atoms with E-state index < -0.39 is 30.4 Å². The zero-order valence-electron chi connectivity index (χ0n) is 21.9. The smallest absolute Gasteiger partial charge is 0.338 e. The van der Waals surface area contributed by atoms with Crippen molar-refractivity contribution in [3.63, 3.8) is 0 Å². The summed E-state index contributed by atoms with van der Waals surface area (Å²) in [5.41, 5.74) is 3.80. The lowest BCUT2D eigenvalue weighted by Gasteiger charge is -2.17. The first kappa shape index (κ1) is 27.9. The molecule has 1 N–H and O–H groups in total. The van der Waals surface area contributed by atoms with E-state index in [2.05, 4.69) is 12.2 Å². The average Bonchev–Trinajstić information content (AvgIpc) is 3.31. The summed E-state index contributed by atoms with van der Waals surface area (Å²) >= 11 is 0. The van der Waals surface area contributed by atoms with Gasteiger partial charge in [0, 0.05) is 24.3 Å². The van der Waals surface area contributed by atoms with Gasteiger partial charge in [-0.05, 0) is 54.7 Å². The van der Waals surface area contributed by atoms with Crippen molar-refractivity contribution in [3.8, 4) is 0 Å². The molecule has 2 aromatic carbocycles. The Kier molecular flexibility index (Phi) is 10.2. The minimum atomic E-state index is -0.669. The number of amides is 2. The summed E-state index contributed by atoms with van der Waals surface area (Å²) in [6, 6.07) is 12.4. The van der Waals surface area contributed by atoms with Crippen molar-refractivity contribution >= 4 is 35.1 Å². The van der Waals surface area contributed by atoms with Crippen molar-refractivity contribution in [1.29, 1.82) is 0 Å². The number of aryl methyl sites for hydroxylation is 2. The van der Waals surface area contributed by atoms with E-state index in [0.29, 0.717) is 17.9 Å². The van der Waals surface area contributed by atoms with Crippen LogP contribution in [0, 0.1) is 5.92 Å². The molecule has 1 aliphatic heterocycles. The van der Waals surface area contributed by atoms with Crippen LogP contribution in [0.2, 0.25) is 0 Å². The summed E-state index contributed by atoms with van der Waals surface area (Å²) in [6.45, 7) is 6.23. The largest absolute Gasteiger partial charge is 0.462 e. The predicted octanol–water partition coefficient (Wildman–Crippen LogP) is 4.69. The summed E-state index contributed by atoms with van der Waals surface area (Å²) in [5.74, 6) is -2.29. The molecular formula is C29H36N2O6. The number of benzene rings is 2. The van der Waals surface area contributed by atoms with Gasteiger partial charge in [0.05, 0.1) is 18.1 Å². The average molecular weight is 509 g/mol. The highest BCUT2D eigenvalue weighted by atomic mass is 16.5. The topological polar surface area (TPSA) is 102 Å². The van der Waals surface area contributed by atoms with Gasteiger partial charge in [-0.15, -0.1) is 0 Å². The molecule has 0 radical (unpaired) electrons. The van der Waals surface area contributed by atoms with Crippen molar-refractivity contribution in [3.05, 3.63) is 59.2 Å². The highest BCUT2D eigenvalue weighted by Gasteiger charge is 2.36. The lowest BCUT2D eigenvalue weighted by Crippen LogP contribution is -2.28.